The van der Waals surface area contributed by atoms with Crippen LogP contribution in [0.5, 0.6) is 0 Å². The standard InChI is InChI=1S/C21H26N4O2/c1-14-13-20(23-16(3)22-14)25-11-9-19(10-12-25)24(4)21(27)18-7-5-17(6-8-18)15(2)26/h5-8,13,19H,9-12H2,1-4H3. The molecular weight excluding hydrogens is 340 g/mol. The normalized spacial score (nSPS) is 14.9. The van der Waals surface area contributed by atoms with E-state index >= 15 is 0 Å². The highest BCUT2D eigenvalue weighted by molar-refractivity contribution is 5.97. The number of hydrogen-bond donors (Lipinski definition) is 0. The van der Waals surface area contributed by atoms with Crippen molar-refractivity contribution in [3.8, 4) is 0 Å². The fraction of sp³-hybridized carbons (Fsp3) is 0.429. The van der Waals surface area contributed by atoms with Crippen molar-refractivity contribution in [1.29, 1.82) is 0 Å². The van der Waals surface area contributed by atoms with Crippen LogP contribution in [0.3, 0.4) is 0 Å². The molecule has 1 saturated heterocycles. The van der Waals surface area contributed by atoms with Gasteiger partial charge in [0.2, 0.25) is 0 Å². The van der Waals surface area contributed by atoms with E-state index in [0.29, 0.717) is 11.1 Å². The lowest BCUT2D eigenvalue weighted by molar-refractivity contribution is 0.0708. The summed E-state index contributed by atoms with van der Waals surface area (Å²) in [5.74, 6) is 1.75. The highest BCUT2D eigenvalue weighted by Gasteiger charge is 2.26. The lowest BCUT2D eigenvalue weighted by Crippen LogP contribution is -2.46. The van der Waals surface area contributed by atoms with Gasteiger partial charge in [-0.2, -0.15) is 0 Å². The van der Waals surface area contributed by atoms with Crippen LogP contribution in [0.25, 0.3) is 0 Å². The summed E-state index contributed by atoms with van der Waals surface area (Å²) in [6.07, 6.45) is 1.80. The van der Waals surface area contributed by atoms with E-state index in [-0.39, 0.29) is 17.7 Å². The zero-order valence-electron chi connectivity index (χ0n) is 16.4. The number of anilines is 1. The molecule has 6 nitrogen and oxygen atoms in total. The number of nitrogens with zero attached hydrogens (tertiary/aromatic N) is 4. The summed E-state index contributed by atoms with van der Waals surface area (Å²) in [5.41, 5.74) is 2.21. The number of piperidine rings is 1. The monoisotopic (exact) mass is 366 g/mol. The number of carbonyl (C=O) groups excluding carboxylic acids is 2. The Morgan fingerprint density at radius 2 is 1.63 bits per heavy atom. The Balaban J connectivity index is 1.63. The number of aryl methyl sites for hydroxylation is 2. The van der Waals surface area contributed by atoms with E-state index in [1.807, 2.05) is 31.9 Å². The lowest BCUT2D eigenvalue weighted by atomic mass is 10.0. The van der Waals surface area contributed by atoms with Gasteiger partial charge in [0.25, 0.3) is 5.91 Å². The van der Waals surface area contributed by atoms with Crippen LogP contribution in [-0.4, -0.2) is 52.7 Å². The maximum absolute atomic E-state index is 12.8. The van der Waals surface area contributed by atoms with Gasteiger partial charge in [0.05, 0.1) is 0 Å². The summed E-state index contributed by atoms with van der Waals surface area (Å²) in [6, 6.07) is 9.11. The van der Waals surface area contributed by atoms with Crippen molar-refractivity contribution >= 4 is 17.5 Å². The molecule has 3 rings (SSSR count). The maximum Gasteiger partial charge on any atom is 0.253 e. The topological polar surface area (TPSA) is 66.4 Å². The van der Waals surface area contributed by atoms with E-state index in [4.69, 9.17) is 0 Å². The van der Waals surface area contributed by atoms with Crippen molar-refractivity contribution in [2.45, 2.75) is 39.7 Å². The summed E-state index contributed by atoms with van der Waals surface area (Å²) in [7, 11) is 1.86. The third-order valence-corrected chi connectivity index (χ3v) is 5.15. The van der Waals surface area contributed by atoms with E-state index in [1.54, 1.807) is 24.3 Å². The van der Waals surface area contributed by atoms with Gasteiger partial charge in [-0.15, -0.1) is 0 Å². The maximum atomic E-state index is 12.8. The minimum absolute atomic E-state index is 0.00252. The average Bonchev–Trinajstić information content (AvgIpc) is 2.66. The molecule has 0 bridgehead atoms. The number of amides is 1. The van der Waals surface area contributed by atoms with Gasteiger partial charge in [-0.1, -0.05) is 12.1 Å². The van der Waals surface area contributed by atoms with Crippen LogP contribution in [0.15, 0.2) is 30.3 Å². The van der Waals surface area contributed by atoms with Crippen molar-refractivity contribution in [1.82, 2.24) is 14.9 Å². The Morgan fingerprint density at radius 1 is 1.04 bits per heavy atom. The Bertz CT molecular complexity index is 820. The van der Waals surface area contributed by atoms with Crippen LogP contribution in [0.2, 0.25) is 0 Å². The second-order valence-corrected chi connectivity index (χ2v) is 7.18. The average molecular weight is 366 g/mol. The predicted octanol–water partition coefficient (Wildman–Crippen LogP) is 3.04. The van der Waals surface area contributed by atoms with E-state index in [1.165, 1.54) is 6.92 Å². The molecule has 1 fully saturated rings. The molecule has 2 aromatic rings. The SMILES string of the molecule is CC(=O)c1ccc(C(=O)N(C)C2CCN(c3cc(C)nc(C)n3)CC2)cc1. The highest BCUT2D eigenvalue weighted by Crippen LogP contribution is 2.22. The summed E-state index contributed by atoms with van der Waals surface area (Å²) < 4.78 is 0. The number of benzene rings is 1. The van der Waals surface area contributed by atoms with Crippen molar-refractivity contribution in [3.05, 3.63) is 53.0 Å². The number of hydrogen-bond acceptors (Lipinski definition) is 5. The van der Waals surface area contributed by atoms with E-state index in [9.17, 15) is 9.59 Å². The molecule has 1 aromatic heterocycles. The Morgan fingerprint density at radius 3 is 2.19 bits per heavy atom. The summed E-state index contributed by atoms with van der Waals surface area (Å²) >= 11 is 0. The zero-order chi connectivity index (χ0) is 19.6. The minimum Gasteiger partial charge on any atom is -0.356 e. The lowest BCUT2D eigenvalue weighted by Gasteiger charge is -2.37. The van der Waals surface area contributed by atoms with Gasteiger partial charge >= 0.3 is 0 Å². The fourth-order valence-corrected chi connectivity index (χ4v) is 3.56. The first-order chi connectivity index (χ1) is 12.8. The molecule has 6 heteroatoms. The van der Waals surface area contributed by atoms with Crippen LogP contribution < -0.4 is 4.90 Å². The first-order valence-electron chi connectivity index (χ1n) is 9.30. The third kappa shape index (κ3) is 4.32. The Kier molecular flexibility index (Phi) is 5.54. The van der Waals surface area contributed by atoms with Gasteiger partial charge in [-0.05, 0) is 45.7 Å². The Labute approximate surface area is 160 Å². The van der Waals surface area contributed by atoms with Crippen LogP contribution in [-0.2, 0) is 0 Å². The summed E-state index contributed by atoms with van der Waals surface area (Å²) in [4.78, 5) is 37.1. The smallest absolute Gasteiger partial charge is 0.253 e. The van der Waals surface area contributed by atoms with Gasteiger partial charge in [0, 0.05) is 49.1 Å². The number of carbonyl (C=O) groups is 2. The van der Waals surface area contributed by atoms with E-state index in [0.717, 1.165) is 43.3 Å². The van der Waals surface area contributed by atoms with Crippen molar-refractivity contribution in [2.75, 3.05) is 25.0 Å². The first-order valence-corrected chi connectivity index (χ1v) is 9.30. The van der Waals surface area contributed by atoms with E-state index in [2.05, 4.69) is 14.9 Å². The Hall–Kier alpha value is -2.76. The molecular formula is C21H26N4O2. The van der Waals surface area contributed by atoms with Gasteiger partial charge in [0.1, 0.15) is 11.6 Å². The van der Waals surface area contributed by atoms with Crippen LogP contribution in [0, 0.1) is 13.8 Å². The largest absolute Gasteiger partial charge is 0.356 e. The first kappa shape index (κ1) is 19.0. The fourth-order valence-electron chi connectivity index (χ4n) is 3.56. The molecule has 0 radical (unpaired) electrons. The van der Waals surface area contributed by atoms with Crippen molar-refractivity contribution < 1.29 is 9.59 Å². The molecule has 2 heterocycles. The van der Waals surface area contributed by atoms with Gasteiger partial charge in [0.15, 0.2) is 5.78 Å². The second kappa shape index (κ2) is 7.86. The number of aromatic nitrogens is 2. The van der Waals surface area contributed by atoms with Crippen molar-refractivity contribution in [2.24, 2.45) is 0 Å². The molecule has 0 atom stereocenters. The molecule has 142 valence electrons. The summed E-state index contributed by atoms with van der Waals surface area (Å²) in [5, 5.41) is 0. The minimum atomic E-state index is -0.00252. The van der Waals surface area contributed by atoms with Gasteiger partial charge in [-0.3, -0.25) is 9.59 Å². The number of ketones is 1. The third-order valence-electron chi connectivity index (χ3n) is 5.15. The molecule has 1 amide bonds. The van der Waals surface area contributed by atoms with Gasteiger partial charge < -0.3 is 9.80 Å². The predicted molar refractivity (Wildman–Crippen MR) is 105 cm³/mol. The molecule has 0 unspecified atom stereocenters. The highest BCUT2D eigenvalue weighted by atomic mass is 16.2. The van der Waals surface area contributed by atoms with E-state index < -0.39 is 0 Å². The molecule has 1 aliphatic heterocycles. The quantitative estimate of drug-likeness (QED) is 0.778. The zero-order valence-corrected chi connectivity index (χ0v) is 16.4. The molecule has 0 spiro atoms. The molecule has 27 heavy (non-hydrogen) atoms. The molecule has 0 N–H and O–H groups in total. The second-order valence-electron chi connectivity index (χ2n) is 7.18. The van der Waals surface area contributed by atoms with Gasteiger partial charge in [-0.25, -0.2) is 9.97 Å². The summed E-state index contributed by atoms with van der Waals surface area (Å²) in [6.45, 7) is 7.14. The molecule has 0 aliphatic carbocycles. The number of rotatable bonds is 4. The number of Topliss-reactive ketones (excluding diaryl/α,β-unsaturated/α-hetero) is 1. The van der Waals surface area contributed by atoms with Crippen molar-refractivity contribution in [3.63, 3.8) is 0 Å². The molecule has 1 aromatic carbocycles. The van der Waals surface area contributed by atoms with Crippen LogP contribution in [0.1, 0.15) is 52.0 Å². The molecule has 0 saturated carbocycles. The van der Waals surface area contributed by atoms with Crippen LogP contribution >= 0.6 is 0 Å². The molecule has 1 aliphatic rings. The van der Waals surface area contributed by atoms with Crippen LogP contribution in [0.4, 0.5) is 5.82 Å².